The standard InChI is InChI=1S/C30H47N3O6.Rb/c1-5-10-26(28(35)6-2)11-7-8-16-32-30(37)39-18-9-17-38-22-29(36)33-21-25-14-12-24(13-15-25)20-27(34)19-23(3)31-4;/h12-15,19,26H,5-11,16-18,20-22H2,1-4H3,(H3,31,32,33,34,36,37);/q;+1/p-1. The molecule has 9 nitrogen and oxygen atoms in total. The Hall–Kier alpha value is -1.39. The molecule has 0 saturated carbocycles. The number of hydrogen-bond donors (Lipinski definition) is 2. The van der Waals surface area contributed by atoms with Gasteiger partial charge in [-0.2, -0.15) is 0 Å². The number of carbonyl (C=O) groups is 4. The van der Waals surface area contributed by atoms with E-state index in [9.17, 15) is 19.2 Å². The molecule has 0 heterocycles. The number of hydrogen-bond acceptors (Lipinski definition) is 7. The van der Waals surface area contributed by atoms with Gasteiger partial charge in [-0.3, -0.25) is 9.59 Å². The maximum atomic E-state index is 12.0. The summed E-state index contributed by atoms with van der Waals surface area (Å²) < 4.78 is 10.4. The van der Waals surface area contributed by atoms with Crippen LogP contribution in [-0.2, 0) is 36.8 Å². The van der Waals surface area contributed by atoms with Gasteiger partial charge in [-0.15, -0.1) is 6.54 Å². The molecule has 0 aromatic heterocycles. The minimum Gasteiger partial charge on any atom is -0.648 e. The minimum absolute atomic E-state index is 0. The first kappa shape index (κ1) is 38.6. The van der Waals surface area contributed by atoms with E-state index >= 15 is 0 Å². The Labute approximate surface area is 288 Å². The maximum Gasteiger partial charge on any atom is 1.00 e. The summed E-state index contributed by atoms with van der Waals surface area (Å²) >= 11 is 0. The Morgan fingerprint density at radius 2 is 1.68 bits per heavy atom. The molecule has 0 aliphatic heterocycles. The van der Waals surface area contributed by atoms with E-state index in [1.807, 2.05) is 38.1 Å². The number of allylic oxidation sites excluding steroid dienone is 2. The predicted octanol–water partition coefficient (Wildman–Crippen LogP) is 2.02. The molecule has 2 N–H and O–H groups in total. The van der Waals surface area contributed by atoms with Crippen molar-refractivity contribution in [2.45, 2.75) is 78.7 Å². The van der Waals surface area contributed by atoms with Crippen molar-refractivity contribution in [3.05, 3.63) is 52.5 Å². The molecular weight excluding hydrogens is 584 g/mol. The number of unbranched alkanes of at least 4 members (excludes halogenated alkanes) is 1. The molecule has 1 atom stereocenters. The molecule has 0 bridgehead atoms. The summed E-state index contributed by atoms with van der Waals surface area (Å²) in [4.78, 5) is 47.6. The molecular formula is C30H46N3O6Rb. The number of Topliss-reactive ketones (excluding diaryl/α,β-unsaturated/α-hetero) is 1. The summed E-state index contributed by atoms with van der Waals surface area (Å²) in [6.45, 7) is 6.93. The van der Waals surface area contributed by atoms with Crippen LogP contribution in [0.5, 0.6) is 0 Å². The third-order valence-corrected chi connectivity index (χ3v) is 6.19. The Morgan fingerprint density at radius 3 is 2.33 bits per heavy atom. The zero-order valence-corrected chi connectivity index (χ0v) is 30.0. The van der Waals surface area contributed by atoms with Crippen molar-refractivity contribution in [3.8, 4) is 0 Å². The molecule has 0 radical (unpaired) electrons. The molecule has 0 aliphatic carbocycles. The van der Waals surface area contributed by atoms with Crippen molar-refractivity contribution in [1.29, 1.82) is 0 Å². The zero-order chi connectivity index (χ0) is 28.9. The van der Waals surface area contributed by atoms with Crippen LogP contribution in [0.25, 0.3) is 5.32 Å². The van der Waals surface area contributed by atoms with Crippen LogP contribution < -0.4 is 68.8 Å². The average Bonchev–Trinajstić information content (AvgIpc) is 2.93. The summed E-state index contributed by atoms with van der Waals surface area (Å²) in [5, 5.41) is 9.64. The van der Waals surface area contributed by atoms with E-state index in [4.69, 9.17) is 9.47 Å². The van der Waals surface area contributed by atoms with E-state index in [-0.39, 0.29) is 102 Å². The smallest absolute Gasteiger partial charge is 0.648 e. The first-order valence-corrected chi connectivity index (χ1v) is 14.0. The second-order valence-corrected chi connectivity index (χ2v) is 9.52. The molecule has 1 unspecified atom stereocenters. The number of alkyl carbamates (subject to hydrolysis) is 1. The SMILES string of the molecule is CCCC(CCCCNC(=O)OCCCOCC(=O)[N-]Cc1ccc(CC(=O)/C=C(/C)NC)cc1)C(=O)CC.[Rb+]. The van der Waals surface area contributed by atoms with Gasteiger partial charge in [-0.05, 0) is 31.7 Å². The van der Waals surface area contributed by atoms with Gasteiger partial charge in [0.1, 0.15) is 5.78 Å². The van der Waals surface area contributed by atoms with E-state index in [1.54, 1.807) is 13.1 Å². The van der Waals surface area contributed by atoms with Crippen molar-refractivity contribution in [2.24, 2.45) is 5.92 Å². The van der Waals surface area contributed by atoms with Gasteiger partial charge in [-0.25, -0.2) is 4.79 Å². The fraction of sp³-hybridized carbons (Fsp3) is 0.600. The number of benzene rings is 1. The first-order valence-electron chi connectivity index (χ1n) is 14.0. The minimum atomic E-state index is -0.476. The summed E-state index contributed by atoms with van der Waals surface area (Å²) in [7, 11) is 1.77. The second kappa shape index (κ2) is 24.2. The van der Waals surface area contributed by atoms with Gasteiger partial charge in [-0.1, -0.05) is 56.5 Å². The predicted molar refractivity (Wildman–Crippen MR) is 152 cm³/mol. The van der Waals surface area contributed by atoms with Crippen LogP contribution in [0.4, 0.5) is 4.79 Å². The number of nitrogens with one attached hydrogen (secondary N) is 2. The largest absolute Gasteiger partial charge is 1.00 e. The average molecular weight is 630 g/mol. The van der Waals surface area contributed by atoms with Crippen molar-refractivity contribution in [1.82, 2.24) is 10.6 Å². The summed E-state index contributed by atoms with van der Waals surface area (Å²) in [5.74, 6) is 0.122. The van der Waals surface area contributed by atoms with Crippen LogP contribution in [0.1, 0.15) is 76.8 Å². The van der Waals surface area contributed by atoms with Crippen molar-refractivity contribution in [3.63, 3.8) is 0 Å². The van der Waals surface area contributed by atoms with Crippen molar-refractivity contribution < 1.29 is 86.8 Å². The van der Waals surface area contributed by atoms with Gasteiger partial charge in [0.15, 0.2) is 5.78 Å². The first-order chi connectivity index (χ1) is 18.8. The van der Waals surface area contributed by atoms with Crippen LogP contribution in [0, 0.1) is 5.92 Å². The van der Waals surface area contributed by atoms with Crippen molar-refractivity contribution in [2.75, 3.05) is 33.4 Å². The Balaban J connectivity index is 0.0000152. The van der Waals surface area contributed by atoms with E-state index in [0.29, 0.717) is 31.6 Å². The molecule has 40 heavy (non-hydrogen) atoms. The molecule has 1 aromatic rings. The summed E-state index contributed by atoms with van der Waals surface area (Å²) in [5.41, 5.74) is 2.58. The van der Waals surface area contributed by atoms with Crippen LogP contribution in [0.15, 0.2) is 36.0 Å². The third-order valence-electron chi connectivity index (χ3n) is 6.19. The molecule has 2 amide bonds. The summed E-state index contributed by atoms with van der Waals surface area (Å²) in [6, 6.07) is 7.43. The normalized spacial score (nSPS) is 11.7. The second-order valence-electron chi connectivity index (χ2n) is 9.52. The fourth-order valence-electron chi connectivity index (χ4n) is 3.90. The van der Waals surface area contributed by atoms with Gasteiger partial charge in [0.05, 0.1) is 25.7 Å². The quantitative estimate of drug-likeness (QED) is 0.157. The summed E-state index contributed by atoms with van der Waals surface area (Å²) in [6.07, 6.45) is 6.97. The molecule has 0 fully saturated rings. The molecule has 1 rings (SSSR count). The molecule has 0 spiro atoms. The molecule has 0 saturated heterocycles. The zero-order valence-electron chi connectivity index (χ0n) is 25.1. The van der Waals surface area contributed by atoms with Gasteiger partial charge >= 0.3 is 64.3 Å². The van der Waals surface area contributed by atoms with E-state index in [1.165, 1.54) is 0 Å². The van der Waals surface area contributed by atoms with Crippen LogP contribution in [-0.4, -0.2) is 57.0 Å². The molecule has 10 heteroatoms. The van der Waals surface area contributed by atoms with Crippen LogP contribution >= 0.6 is 0 Å². The monoisotopic (exact) mass is 629 g/mol. The number of nitrogens with zero attached hydrogens (tertiary/aromatic N) is 1. The molecule has 0 aliphatic rings. The fourth-order valence-corrected chi connectivity index (χ4v) is 3.90. The Kier molecular flexibility index (Phi) is 23.4. The Bertz CT molecular complexity index is 921. The van der Waals surface area contributed by atoms with Gasteiger partial charge in [0, 0.05) is 50.5 Å². The number of ether oxygens (including phenoxy) is 2. The Morgan fingerprint density at radius 1 is 0.975 bits per heavy atom. The van der Waals surface area contributed by atoms with Gasteiger partial charge in [0.2, 0.25) is 0 Å². The van der Waals surface area contributed by atoms with Crippen LogP contribution in [0.3, 0.4) is 0 Å². The van der Waals surface area contributed by atoms with Crippen molar-refractivity contribution >= 4 is 23.6 Å². The number of ketones is 2. The van der Waals surface area contributed by atoms with E-state index in [2.05, 4.69) is 22.9 Å². The number of rotatable bonds is 21. The topological polar surface area (TPSA) is 125 Å². The number of carbonyl (C=O) groups excluding carboxylic acids is 4. The van der Waals surface area contributed by atoms with Gasteiger partial charge in [0.25, 0.3) is 0 Å². The number of amides is 2. The molecule has 1 aromatic carbocycles. The van der Waals surface area contributed by atoms with Gasteiger partial charge < -0.3 is 30.2 Å². The molecule has 218 valence electrons. The van der Waals surface area contributed by atoms with Crippen LogP contribution in [0.2, 0.25) is 0 Å². The third kappa shape index (κ3) is 18.9. The van der Waals surface area contributed by atoms with E-state index < -0.39 is 6.09 Å². The maximum absolute atomic E-state index is 12.0. The van der Waals surface area contributed by atoms with E-state index in [0.717, 1.165) is 48.9 Å².